The predicted molar refractivity (Wildman–Crippen MR) is 70.4 cm³/mol. The molecular formula is C13H16N2OS. The molecular weight excluding hydrogens is 232 g/mol. The van der Waals surface area contributed by atoms with Gasteiger partial charge in [0.2, 0.25) is 0 Å². The number of thiazole rings is 1. The van der Waals surface area contributed by atoms with Crippen LogP contribution in [0.1, 0.15) is 15.4 Å². The van der Waals surface area contributed by atoms with Gasteiger partial charge in [-0.25, -0.2) is 4.98 Å². The minimum absolute atomic E-state index is 0.528. The SMILES string of the molecule is Cc1ccccc1OCc1ncc(CCN)s1. The fourth-order valence-electron chi connectivity index (χ4n) is 1.53. The summed E-state index contributed by atoms with van der Waals surface area (Å²) >= 11 is 1.67. The minimum Gasteiger partial charge on any atom is -0.486 e. The number of ether oxygens (including phenoxy) is 1. The summed E-state index contributed by atoms with van der Waals surface area (Å²) in [6, 6.07) is 8.00. The van der Waals surface area contributed by atoms with Crippen LogP contribution in [0.25, 0.3) is 0 Å². The second-order valence-corrected chi connectivity index (χ2v) is 5.01. The molecule has 0 unspecified atom stereocenters. The first-order valence-electron chi connectivity index (χ1n) is 5.61. The maximum absolute atomic E-state index is 5.73. The van der Waals surface area contributed by atoms with Gasteiger partial charge in [0.15, 0.2) is 0 Å². The Morgan fingerprint density at radius 3 is 2.94 bits per heavy atom. The third-order valence-corrected chi connectivity index (χ3v) is 3.47. The third-order valence-electron chi connectivity index (χ3n) is 2.44. The molecule has 1 aromatic carbocycles. The number of aryl methyl sites for hydroxylation is 1. The van der Waals surface area contributed by atoms with Gasteiger partial charge in [-0.1, -0.05) is 18.2 Å². The summed E-state index contributed by atoms with van der Waals surface area (Å²) in [5.74, 6) is 0.920. The molecule has 90 valence electrons. The molecule has 0 amide bonds. The van der Waals surface area contributed by atoms with E-state index < -0.39 is 0 Å². The first-order chi connectivity index (χ1) is 8.29. The average Bonchev–Trinajstić information content (AvgIpc) is 2.76. The lowest BCUT2D eigenvalue weighted by Crippen LogP contribution is -2.00. The summed E-state index contributed by atoms with van der Waals surface area (Å²) in [4.78, 5) is 5.54. The fraction of sp³-hybridized carbons (Fsp3) is 0.308. The van der Waals surface area contributed by atoms with Crippen molar-refractivity contribution in [3.8, 4) is 5.75 Å². The van der Waals surface area contributed by atoms with Crippen molar-refractivity contribution in [2.45, 2.75) is 20.0 Å². The summed E-state index contributed by atoms with van der Waals surface area (Å²) in [6.07, 6.45) is 2.77. The van der Waals surface area contributed by atoms with Gasteiger partial charge in [0.1, 0.15) is 17.4 Å². The molecule has 2 N–H and O–H groups in total. The van der Waals surface area contributed by atoms with Gasteiger partial charge < -0.3 is 10.5 Å². The Labute approximate surface area is 105 Å². The highest BCUT2D eigenvalue weighted by atomic mass is 32.1. The second kappa shape index (κ2) is 5.80. The number of nitrogens with zero attached hydrogens (tertiary/aromatic N) is 1. The molecule has 0 saturated heterocycles. The first-order valence-corrected chi connectivity index (χ1v) is 6.43. The number of benzene rings is 1. The Morgan fingerprint density at radius 1 is 1.35 bits per heavy atom. The molecule has 0 bridgehead atoms. The van der Waals surface area contributed by atoms with E-state index in [4.69, 9.17) is 10.5 Å². The predicted octanol–water partition coefficient (Wildman–Crippen LogP) is 2.53. The topological polar surface area (TPSA) is 48.1 Å². The van der Waals surface area contributed by atoms with Crippen molar-refractivity contribution in [1.29, 1.82) is 0 Å². The van der Waals surface area contributed by atoms with E-state index in [0.29, 0.717) is 13.2 Å². The lowest BCUT2D eigenvalue weighted by molar-refractivity contribution is 0.303. The van der Waals surface area contributed by atoms with Crippen molar-refractivity contribution < 1.29 is 4.74 Å². The van der Waals surface area contributed by atoms with Gasteiger partial charge >= 0.3 is 0 Å². The average molecular weight is 248 g/mol. The molecule has 2 aromatic rings. The standard InChI is InChI=1S/C13H16N2OS/c1-10-4-2-3-5-12(10)16-9-13-15-8-11(17-13)6-7-14/h2-5,8H,6-7,9,14H2,1H3. The molecule has 0 aliphatic heterocycles. The largest absolute Gasteiger partial charge is 0.486 e. The van der Waals surface area contributed by atoms with E-state index in [9.17, 15) is 0 Å². The summed E-state index contributed by atoms with van der Waals surface area (Å²) in [5, 5.41) is 0.997. The third kappa shape index (κ3) is 3.28. The van der Waals surface area contributed by atoms with Crippen LogP contribution in [0.3, 0.4) is 0 Å². The van der Waals surface area contributed by atoms with Gasteiger partial charge in [-0.2, -0.15) is 0 Å². The highest BCUT2D eigenvalue weighted by molar-refractivity contribution is 7.11. The number of para-hydroxylation sites is 1. The van der Waals surface area contributed by atoms with Crippen molar-refractivity contribution in [2.24, 2.45) is 5.73 Å². The number of hydrogen-bond donors (Lipinski definition) is 1. The number of aromatic nitrogens is 1. The van der Waals surface area contributed by atoms with E-state index in [2.05, 4.69) is 4.98 Å². The first kappa shape index (κ1) is 12.1. The van der Waals surface area contributed by atoms with Gasteiger partial charge in [-0.15, -0.1) is 11.3 Å². The Kier molecular flexibility index (Phi) is 4.12. The van der Waals surface area contributed by atoms with Crippen LogP contribution in [0, 0.1) is 6.92 Å². The highest BCUT2D eigenvalue weighted by Gasteiger charge is 2.03. The molecule has 3 nitrogen and oxygen atoms in total. The van der Waals surface area contributed by atoms with Gasteiger partial charge in [0, 0.05) is 11.1 Å². The van der Waals surface area contributed by atoms with Crippen molar-refractivity contribution in [2.75, 3.05) is 6.54 Å². The van der Waals surface area contributed by atoms with E-state index in [1.54, 1.807) is 11.3 Å². The maximum atomic E-state index is 5.73. The van der Waals surface area contributed by atoms with Gasteiger partial charge in [0.25, 0.3) is 0 Å². The lowest BCUT2D eigenvalue weighted by atomic mass is 10.2. The van der Waals surface area contributed by atoms with Crippen LogP contribution in [0.15, 0.2) is 30.5 Å². The number of hydrogen-bond acceptors (Lipinski definition) is 4. The van der Waals surface area contributed by atoms with Crippen LogP contribution in [0.5, 0.6) is 5.75 Å². The fourth-order valence-corrected chi connectivity index (χ4v) is 2.38. The van der Waals surface area contributed by atoms with Crippen LogP contribution >= 0.6 is 11.3 Å². The van der Waals surface area contributed by atoms with Crippen LogP contribution in [0.2, 0.25) is 0 Å². The maximum Gasteiger partial charge on any atom is 0.140 e. The van der Waals surface area contributed by atoms with Crippen molar-refractivity contribution in [3.63, 3.8) is 0 Å². The van der Waals surface area contributed by atoms with E-state index in [-0.39, 0.29) is 0 Å². The monoisotopic (exact) mass is 248 g/mol. The molecule has 2 rings (SSSR count). The number of nitrogens with two attached hydrogens (primary N) is 1. The van der Waals surface area contributed by atoms with Crippen LogP contribution in [-0.2, 0) is 13.0 Å². The zero-order valence-corrected chi connectivity index (χ0v) is 10.7. The molecule has 0 atom stereocenters. The molecule has 0 aliphatic carbocycles. The van der Waals surface area contributed by atoms with Crippen molar-refractivity contribution in [3.05, 3.63) is 45.9 Å². The van der Waals surface area contributed by atoms with Crippen molar-refractivity contribution in [1.82, 2.24) is 4.98 Å². The summed E-state index contributed by atoms with van der Waals surface area (Å²) in [6.45, 7) is 3.23. The normalized spacial score (nSPS) is 10.5. The molecule has 0 radical (unpaired) electrons. The minimum atomic E-state index is 0.528. The quantitative estimate of drug-likeness (QED) is 0.884. The highest BCUT2D eigenvalue weighted by Crippen LogP contribution is 2.19. The van der Waals surface area contributed by atoms with Crippen LogP contribution in [-0.4, -0.2) is 11.5 Å². The summed E-state index contributed by atoms with van der Waals surface area (Å²) in [7, 11) is 0. The van der Waals surface area contributed by atoms with Gasteiger partial charge in [0.05, 0.1) is 0 Å². The second-order valence-electron chi connectivity index (χ2n) is 3.81. The zero-order valence-electron chi connectivity index (χ0n) is 9.85. The molecule has 4 heteroatoms. The smallest absolute Gasteiger partial charge is 0.140 e. The lowest BCUT2D eigenvalue weighted by Gasteiger charge is -2.06. The zero-order chi connectivity index (χ0) is 12.1. The van der Waals surface area contributed by atoms with Crippen molar-refractivity contribution >= 4 is 11.3 Å². The molecule has 0 spiro atoms. The summed E-state index contributed by atoms with van der Waals surface area (Å²) in [5.41, 5.74) is 6.65. The molecule has 0 fully saturated rings. The Morgan fingerprint density at radius 2 is 2.18 bits per heavy atom. The van der Waals surface area contributed by atoms with E-state index in [1.165, 1.54) is 4.88 Å². The van der Waals surface area contributed by atoms with E-state index in [1.807, 2.05) is 37.4 Å². The summed E-state index contributed by atoms with van der Waals surface area (Å²) < 4.78 is 5.73. The van der Waals surface area contributed by atoms with Crippen LogP contribution in [0.4, 0.5) is 0 Å². The molecule has 0 aliphatic rings. The van der Waals surface area contributed by atoms with Gasteiger partial charge in [-0.05, 0) is 31.5 Å². The molecule has 1 aromatic heterocycles. The Hall–Kier alpha value is -1.39. The van der Waals surface area contributed by atoms with E-state index in [0.717, 1.165) is 22.7 Å². The molecule has 0 saturated carbocycles. The van der Waals surface area contributed by atoms with Gasteiger partial charge in [-0.3, -0.25) is 0 Å². The Bertz CT molecular complexity index is 482. The van der Waals surface area contributed by atoms with Crippen LogP contribution < -0.4 is 10.5 Å². The van der Waals surface area contributed by atoms with E-state index >= 15 is 0 Å². The number of rotatable bonds is 5. The molecule has 1 heterocycles. The molecule has 17 heavy (non-hydrogen) atoms. The Balaban J connectivity index is 1.95.